The summed E-state index contributed by atoms with van der Waals surface area (Å²) in [4.78, 5) is 1.63. The van der Waals surface area contributed by atoms with Crippen molar-refractivity contribution in [2.75, 3.05) is 18.1 Å². The van der Waals surface area contributed by atoms with Crippen LogP contribution in [-0.2, 0) is 4.74 Å². The normalized spacial score (nSPS) is 24.6. The Labute approximate surface area is 148 Å². The fourth-order valence-electron chi connectivity index (χ4n) is 3.09. The molecule has 1 aliphatic carbocycles. The van der Waals surface area contributed by atoms with Gasteiger partial charge in [-0.15, -0.1) is 0 Å². The summed E-state index contributed by atoms with van der Waals surface area (Å²) in [6.45, 7) is 0.843. The van der Waals surface area contributed by atoms with Crippen LogP contribution in [0.25, 0.3) is 0 Å². The van der Waals surface area contributed by atoms with Crippen molar-refractivity contribution in [3.8, 4) is 0 Å². The molecular weight excluding hydrogens is 375 g/mol. The molecule has 1 aliphatic heterocycles. The van der Waals surface area contributed by atoms with Crippen molar-refractivity contribution in [3.05, 3.63) is 41.3 Å². The second-order valence-electron chi connectivity index (χ2n) is 5.79. The molecule has 1 nitrogen and oxygen atoms in total. The quantitative estimate of drug-likeness (QED) is 0.501. The van der Waals surface area contributed by atoms with E-state index in [9.17, 15) is 0 Å². The van der Waals surface area contributed by atoms with Crippen LogP contribution >= 0.6 is 21.9 Å². The Morgan fingerprint density at radius 2 is 1.95 bits per heavy atom. The molecule has 0 bridgehead atoms. The van der Waals surface area contributed by atoms with Gasteiger partial charge in [0.15, 0.2) is 0 Å². The first-order chi connectivity index (χ1) is 10.9. The van der Waals surface area contributed by atoms with Gasteiger partial charge in [-0.05, 0) is 0 Å². The van der Waals surface area contributed by atoms with Crippen molar-refractivity contribution >= 4 is 40.2 Å². The van der Waals surface area contributed by atoms with E-state index in [-0.39, 0.29) is 0 Å². The van der Waals surface area contributed by atoms with Gasteiger partial charge in [0, 0.05) is 0 Å². The Morgan fingerprint density at radius 3 is 2.86 bits per heavy atom. The summed E-state index contributed by atoms with van der Waals surface area (Å²) in [5.74, 6) is 3.28. The number of fused-ring (bicyclic) bond motifs is 1. The van der Waals surface area contributed by atoms with Crippen molar-refractivity contribution in [1.82, 2.24) is 0 Å². The first-order valence-corrected chi connectivity index (χ1v) is 13.1. The summed E-state index contributed by atoms with van der Waals surface area (Å²) < 4.78 is 7.42. The van der Waals surface area contributed by atoms with E-state index in [2.05, 4.69) is 58.3 Å². The van der Waals surface area contributed by atoms with E-state index in [1.165, 1.54) is 48.1 Å². The standard InChI is InChI=1S/C18H24OS2Se/c1-2-7-15(8-3-1)22-21-14-6-13-20-18-11-12-19-17-10-5-4-9-16(17)18/h1-3,7-8,11,16-17H,4-6,9-10,12-14H2/t16-,17-/m1/s1. The SMILES string of the molecule is C1=C(SCCCS[Se]c2ccccc2)[C@@H]2CCCC[C@H]2OC1. The number of thioether (sulfide) groups is 1. The summed E-state index contributed by atoms with van der Waals surface area (Å²) in [6, 6.07) is 10.9. The number of benzene rings is 1. The number of rotatable bonds is 7. The van der Waals surface area contributed by atoms with Crippen LogP contribution in [0.3, 0.4) is 0 Å². The predicted octanol–water partition coefficient (Wildman–Crippen LogP) is 4.26. The van der Waals surface area contributed by atoms with Crippen LogP contribution in [0, 0.1) is 5.92 Å². The summed E-state index contributed by atoms with van der Waals surface area (Å²) in [5, 5.41) is 0. The molecular formula is C18H24OS2Se. The molecule has 1 aromatic rings. The average molecular weight is 399 g/mol. The Morgan fingerprint density at radius 1 is 1.09 bits per heavy atom. The third-order valence-corrected chi connectivity index (χ3v) is 9.84. The van der Waals surface area contributed by atoms with Gasteiger partial charge < -0.3 is 0 Å². The van der Waals surface area contributed by atoms with Gasteiger partial charge in [-0.25, -0.2) is 0 Å². The molecule has 120 valence electrons. The van der Waals surface area contributed by atoms with Gasteiger partial charge in [-0.2, -0.15) is 0 Å². The fraction of sp³-hybridized carbons (Fsp3) is 0.556. The molecule has 1 fully saturated rings. The molecule has 2 aliphatic rings. The van der Waals surface area contributed by atoms with E-state index >= 15 is 0 Å². The Hall–Kier alpha value is 0.139. The van der Waals surface area contributed by atoms with E-state index in [1.807, 2.05) is 0 Å². The minimum atomic E-state index is 0.525. The minimum absolute atomic E-state index is 0.525. The van der Waals surface area contributed by atoms with Crippen molar-refractivity contribution in [2.24, 2.45) is 5.92 Å². The third-order valence-electron chi connectivity index (χ3n) is 4.20. The van der Waals surface area contributed by atoms with Gasteiger partial charge in [0.25, 0.3) is 0 Å². The molecule has 1 aromatic carbocycles. The number of hydrogen-bond donors (Lipinski definition) is 0. The maximum atomic E-state index is 5.91. The molecule has 1 heterocycles. The number of ether oxygens (including phenoxy) is 1. The van der Waals surface area contributed by atoms with Crippen molar-refractivity contribution < 1.29 is 4.74 Å². The van der Waals surface area contributed by atoms with Crippen LogP contribution in [0.1, 0.15) is 32.1 Å². The van der Waals surface area contributed by atoms with E-state index in [0.29, 0.717) is 25.9 Å². The first kappa shape index (κ1) is 17.0. The molecule has 0 radical (unpaired) electrons. The molecule has 3 rings (SSSR count). The second-order valence-corrected chi connectivity index (χ2v) is 11.3. The zero-order valence-corrected chi connectivity index (χ0v) is 16.3. The predicted molar refractivity (Wildman–Crippen MR) is 101 cm³/mol. The fourth-order valence-corrected chi connectivity index (χ4v) is 8.21. The summed E-state index contributed by atoms with van der Waals surface area (Å²) >= 11 is 2.69. The van der Waals surface area contributed by atoms with Crippen molar-refractivity contribution in [1.29, 1.82) is 0 Å². The average Bonchev–Trinajstić information content (AvgIpc) is 2.59. The van der Waals surface area contributed by atoms with E-state index < -0.39 is 0 Å². The molecule has 0 N–H and O–H groups in total. The maximum absolute atomic E-state index is 5.91. The molecule has 0 amide bonds. The van der Waals surface area contributed by atoms with Gasteiger partial charge in [-0.1, -0.05) is 0 Å². The molecule has 0 saturated heterocycles. The zero-order chi connectivity index (χ0) is 15.0. The Balaban J connectivity index is 1.32. The first-order valence-electron chi connectivity index (χ1n) is 8.22. The molecule has 0 unspecified atom stereocenters. The van der Waals surface area contributed by atoms with E-state index in [1.54, 1.807) is 4.91 Å². The molecule has 2 atom stereocenters. The van der Waals surface area contributed by atoms with Crippen LogP contribution in [-0.4, -0.2) is 38.1 Å². The van der Waals surface area contributed by atoms with E-state index in [0.717, 1.165) is 6.61 Å². The number of hydrogen-bond acceptors (Lipinski definition) is 3. The summed E-state index contributed by atoms with van der Waals surface area (Å²) in [7, 11) is 2.12. The van der Waals surface area contributed by atoms with Crippen LogP contribution in [0.4, 0.5) is 0 Å². The van der Waals surface area contributed by atoms with Gasteiger partial charge in [0.2, 0.25) is 0 Å². The van der Waals surface area contributed by atoms with E-state index in [4.69, 9.17) is 4.74 Å². The van der Waals surface area contributed by atoms with Crippen LogP contribution in [0.5, 0.6) is 0 Å². The van der Waals surface area contributed by atoms with Crippen LogP contribution < -0.4 is 4.46 Å². The van der Waals surface area contributed by atoms with Gasteiger partial charge in [0.1, 0.15) is 0 Å². The molecule has 4 heteroatoms. The van der Waals surface area contributed by atoms with Gasteiger partial charge in [-0.3, -0.25) is 0 Å². The third kappa shape index (κ3) is 5.07. The molecule has 0 spiro atoms. The van der Waals surface area contributed by atoms with Gasteiger partial charge in [0.05, 0.1) is 0 Å². The summed E-state index contributed by atoms with van der Waals surface area (Å²) in [5.41, 5.74) is 0. The summed E-state index contributed by atoms with van der Waals surface area (Å²) in [6.07, 6.45) is 9.55. The van der Waals surface area contributed by atoms with Crippen LogP contribution in [0.15, 0.2) is 41.3 Å². The van der Waals surface area contributed by atoms with Gasteiger partial charge >= 0.3 is 149 Å². The Kier molecular flexibility index (Phi) is 7.28. The molecule has 1 saturated carbocycles. The topological polar surface area (TPSA) is 9.23 Å². The van der Waals surface area contributed by atoms with Crippen molar-refractivity contribution in [2.45, 2.75) is 38.2 Å². The Bertz CT molecular complexity index is 477. The monoisotopic (exact) mass is 400 g/mol. The zero-order valence-electron chi connectivity index (χ0n) is 12.9. The van der Waals surface area contributed by atoms with Crippen LogP contribution in [0.2, 0.25) is 0 Å². The molecule has 22 heavy (non-hydrogen) atoms. The second kappa shape index (κ2) is 9.44. The van der Waals surface area contributed by atoms with Crippen molar-refractivity contribution in [3.63, 3.8) is 0 Å². The molecule has 0 aromatic heterocycles.